The average molecular weight is 411 g/mol. The van der Waals surface area contributed by atoms with Crippen LogP contribution in [-0.4, -0.2) is 47.4 Å². The number of benzene rings is 1. The fraction of sp³-hybridized carbons (Fsp3) is 0.625. The molecule has 0 bridgehead atoms. The van der Waals surface area contributed by atoms with Crippen LogP contribution in [0.4, 0.5) is 0 Å². The van der Waals surface area contributed by atoms with Crippen LogP contribution < -0.4 is 14.8 Å². The van der Waals surface area contributed by atoms with Gasteiger partial charge >= 0.3 is 0 Å². The standard InChI is InChI=1S/C16H23ClN2O4S.ClH/c17-13-1-2-15(23-11-12-5-8-22-10-12)16(9-13)24(20,21)19-14-3-6-18-7-4-14;/h1-2,9,12,14,18-19H,3-8,10-11H2;1H. The molecule has 142 valence electrons. The smallest absolute Gasteiger partial charge is 0.244 e. The summed E-state index contributed by atoms with van der Waals surface area (Å²) in [5, 5.41) is 3.59. The number of rotatable bonds is 6. The van der Waals surface area contributed by atoms with E-state index in [9.17, 15) is 8.42 Å². The summed E-state index contributed by atoms with van der Waals surface area (Å²) < 4.78 is 39.4. The first kappa shape index (κ1) is 20.7. The molecule has 25 heavy (non-hydrogen) atoms. The van der Waals surface area contributed by atoms with Crippen molar-refractivity contribution in [2.45, 2.75) is 30.2 Å². The molecule has 0 aromatic heterocycles. The molecule has 1 aromatic carbocycles. The van der Waals surface area contributed by atoms with Gasteiger partial charge in [-0.25, -0.2) is 13.1 Å². The van der Waals surface area contributed by atoms with Gasteiger partial charge in [0.1, 0.15) is 10.6 Å². The molecule has 0 aliphatic carbocycles. The molecule has 1 aromatic rings. The highest BCUT2D eigenvalue weighted by molar-refractivity contribution is 7.89. The van der Waals surface area contributed by atoms with Crippen LogP contribution in [-0.2, 0) is 14.8 Å². The first-order valence-corrected chi connectivity index (χ1v) is 10.1. The third kappa shape index (κ3) is 5.70. The molecule has 0 amide bonds. The quantitative estimate of drug-likeness (QED) is 0.751. The van der Waals surface area contributed by atoms with Gasteiger partial charge in [0.2, 0.25) is 10.0 Å². The van der Waals surface area contributed by atoms with Crippen LogP contribution in [0.5, 0.6) is 5.75 Å². The third-order valence-electron chi connectivity index (χ3n) is 4.35. The summed E-state index contributed by atoms with van der Waals surface area (Å²) in [5.74, 6) is 0.640. The number of hydrogen-bond donors (Lipinski definition) is 2. The maximum absolute atomic E-state index is 12.8. The average Bonchev–Trinajstić information content (AvgIpc) is 3.07. The van der Waals surface area contributed by atoms with Gasteiger partial charge in [0, 0.05) is 23.6 Å². The van der Waals surface area contributed by atoms with Crippen molar-refractivity contribution in [3.05, 3.63) is 23.2 Å². The summed E-state index contributed by atoms with van der Waals surface area (Å²) in [6, 6.07) is 4.65. The van der Waals surface area contributed by atoms with E-state index < -0.39 is 10.0 Å². The normalized spacial score (nSPS) is 21.7. The molecule has 6 nitrogen and oxygen atoms in total. The number of halogens is 2. The summed E-state index contributed by atoms with van der Waals surface area (Å²) in [6.45, 7) is 3.46. The number of nitrogens with one attached hydrogen (secondary N) is 2. The lowest BCUT2D eigenvalue weighted by atomic mass is 10.1. The zero-order chi connectivity index (χ0) is 17.0. The lowest BCUT2D eigenvalue weighted by molar-refractivity contribution is 0.166. The van der Waals surface area contributed by atoms with Crippen molar-refractivity contribution in [3.8, 4) is 5.75 Å². The minimum absolute atomic E-state index is 0. The first-order valence-electron chi connectivity index (χ1n) is 8.28. The Morgan fingerprint density at radius 3 is 2.72 bits per heavy atom. The van der Waals surface area contributed by atoms with Crippen LogP contribution >= 0.6 is 24.0 Å². The fourth-order valence-corrected chi connectivity index (χ4v) is 4.67. The summed E-state index contributed by atoms with van der Waals surface area (Å²) in [5.41, 5.74) is 0. The van der Waals surface area contributed by atoms with Crippen molar-refractivity contribution in [3.63, 3.8) is 0 Å². The molecule has 2 N–H and O–H groups in total. The van der Waals surface area contributed by atoms with Gasteiger partial charge < -0.3 is 14.8 Å². The molecule has 3 rings (SSSR count). The Morgan fingerprint density at radius 1 is 1.28 bits per heavy atom. The van der Waals surface area contributed by atoms with Gasteiger partial charge in [0.15, 0.2) is 0 Å². The second-order valence-electron chi connectivity index (χ2n) is 6.28. The van der Waals surface area contributed by atoms with Crippen molar-refractivity contribution in [2.24, 2.45) is 5.92 Å². The number of hydrogen-bond acceptors (Lipinski definition) is 5. The van der Waals surface area contributed by atoms with Gasteiger partial charge in [0.05, 0.1) is 13.2 Å². The van der Waals surface area contributed by atoms with Gasteiger partial charge in [0.25, 0.3) is 0 Å². The van der Waals surface area contributed by atoms with Crippen LogP contribution in [0.3, 0.4) is 0 Å². The zero-order valence-electron chi connectivity index (χ0n) is 13.9. The predicted molar refractivity (Wildman–Crippen MR) is 99.3 cm³/mol. The molecule has 0 radical (unpaired) electrons. The topological polar surface area (TPSA) is 76.7 Å². The Morgan fingerprint density at radius 2 is 2.04 bits per heavy atom. The Hall–Kier alpha value is -0.570. The Kier molecular flexibility index (Phi) is 7.79. The van der Waals surface area contributed by atoms with E-state index in [2.05, 4.69) is 10.0 Å². The molecule has 1 atom stereocenters. The highest BCUT2D eigenvalue weighted by Crippen LogP contribution is 2.29. The Balaban J connectivity index is 0.00000225. The van der Waals surface area contributed by atoms with E-state index in [4.69, 9.17) is 21.1 Å². The molecular weight excluding hydrogens is 387 g/mol. The number of sulfonamides is 1. The van der Waals surface area contributed by atoms with E-state index in [0.29, 0.717) is 29.9 Å². The van der Waals surface area contributed by atoms with Gasteiger partial charge in [-0.3, -0.25) is 0 Å². The van der Waals surface area contributed by atoms with E-state index in [1.165, 1.54) is 6.07 Å². The Bertz CT molecular complexity index is 660. The van der Waals surface area contributed by atoms with E-state index in [1.807, 2.05) is 0 Å². The molecule has 2 aliphatic heterocycles. The second-order valence-corrected chi connectivity index (χ2v) is 8.40. The van der Waals surface area contributed by atoms with Crippen LogP contribution in [0.1, 0.15) is 19.3 Å². The van der Waals surface area contributed by atoms with Crippen molar-refractivity contribution in [1.82, 2.24) is 10.0 Å². The molecule has 9 heteroatoms. The maximum atomic E-state index is 12.8. The molecule has 2 heterocycles. The zero-order valence-corrected chi connectivity index (χ0v) is 16.3. The van der Waals surface area contributed by atoms with Crippen LogP contribution in [0, 0.1) is 5.92 Å². The third-order valence-corrected chi connectivity index (χ3v) is 6.13. The molecule has 1 unspecified atom stereocenters. The van der Waals surface area contributed by atoms with Gasteiger partial charge in [-0.2, -0.15) is 0 Å². The minimum atomic E-state index is -3.68. The lowest BCUT2D eigenvalue weighted by Crippen LogP contribution is -2.42. The molecule has 2 aliphatic rings. The van der Waals surface area contributed by atoms with Crippen molar-refractivity contribution in [1.29, 1.82) is 0 Å². The summed E-state index contributed by atoms with van der Waals surface area (Å²) >= 11 is 6.02. The fourth-order valence-electron chi connectivity index (χ4n) is 2.96. The lowest BCUT2D eigenvalue weighted by Gasteiger charge is -2.24. The van der Waals surface area contributed by atoms with Crippen LogP contribution in [0.2, 0.25) is 5.02 Å². The highest BCUT2D eigenvalue weighted by Gasteiger charge is 2.26. The van der Waals surface area contributed by atoms with Crippen molar-refractivity contribution in [2.75, 3.05) is 32.9 Å². The molecule has 0 saturated carbocycles. The molecular formula is C16H24Cl2N2O4S. The van der Waals surface area contributed by atoms with Gasteiger partial charge in [-0.05, 0) is 50.6 Å². The number of piperidine rings is 1. The van der Waals surface area contributed by atoms with E-state index in [0.717, 1.165) is 39.0 Å². The first-order chi connectivity index (χ1) is 11.5. The van der Waals surface area contributed by atoms with Crippen LogP contribution in [0.25, 0.3) is 0 Å². The predicted octanol–water partition coefficient (Wildman–Crippen LogP) is 2.21. The van der Waals surface area contributed by atoms with Crippen molar-refractivity contribution < 1.29 is 17.9 Å². The van der Waals surface area contributed by atoms with E-state index in [-0.39, 0.29) is 23.3 Å². The van der Waals surface area contributed by atoms with Crippen LogP contribution in [0.15, 0.2) is 23.1 Å². The largest absolute Gasteiger partial charge is 0.492 e. The SMILES string of the molecule is Cl.O=S(=O)(NC1CCNCC1)c1cc(Cl)ccc1OCC1CCOC1. The molecule has 2 saturated heterocycles. The Labute approximate surface area is 160 Å². The summed E-state index contributed by atoms with van der Waals surface area (Å²) in [6.07, 6.45) is 2.48. The molecule has 0 spiro atoms. The van der Waals surface area contributed by atoms with Crippen molar-refractivity contribution >= 4 is 34.0 Å². The molecule has 2 fully saturated rings. The minimum Gasteiger partial charge on any atom is -0.492 e. The summed E-state index contributed by atoms with van der Waals surface area (Å²) in [4.78, 5) is 0.104. The number of ether oxygens (including phenoxy) is 2. The van der Waals surface area contributed by atoms with E-state index >= 15 is 0 Å². The van der Waals surface area contributed by atoms with E-state index in [1.54, 1.807) is 12.1 Å². The summed E-state index contributed by atoms with van der Waals surface area (Å²) in [7, 11) is -3.68. The van der Waals surface area contributed by atoms with Gasteiger partial charge in [-0.1, -0.05) is 11.6 Å². The van der Waals surface area contributed by atoms with Gasteiger partial charge in [-0.15, -0.1) is 12.4 Å². The second kappa shape index (κ2) is 9.39. The maximum Gasteiger partial charge on any atom is 0.244 e. The monoisotopic (exact) mass is 410 g/mol. The highest BCUT2D eigenvalue weighted by atomic mass is 35.5.